The van der Waals surface area contributed by atoms with Crippen molar-refractivity contribution in [2.45, 2.75) is 51.3 Å². The molecule has 1 heterocycles. The van der Waals surface area contributed by atoms with Crippen LogP contribution >= 0.6 is 0 Å². The molecule has 1 rings (SSSR count). The molecule has 0 aromatic carbocycles. The van der Waals surface area contributed by atoms with Gasteiger partial charge in [-0.15, -0.1) is 0 Å². The lowest BCUT2D eigenvalue weighted by atomic mass is 10.2. The highest BCUT2D eigenvalue weighted by Crippen LogP contribution is 2.25. The minimum absolute atomic E-state index is 0.257. The van der Waals surface area contributed by atoms with Gasteiger partial charge in [0.05, 0.1) is 5.25 Å². The van der Waals surface area contributed by atoms with E-state index in [0.717, 1.165) is 25.8 Å². The maximum absolute atomic E-state index is 11.8. The molecule has 78 valence electrons. The Balaban J connectivity index is 2.82. The third kappa shape index (κ3) is 2.05. The van der Waals surface area contributed by atoms with Gasteiger partial charge in [0, 0.05) is 12.6 Å². The third-order valence-corrected chi connectivity index (χ3v) is 5.04. The Kier molecular flexibility index (Phi) is 3.35. The Morgan fingerprint density at radius 2 is 2.08 bits per heavy atom. The number of hydrogen-bond donors (Lipinski definition) is 0. The van der Waals surface area contributed by atoms with Crippen LogP contribution in [0.1, 0.15) is 40.0 Å². The Morgan fingerprint density at radius 3 is 2.54 bits per heavy atom. The fraction of sp³-hybridized carbons (Fsp3) is 1.00. The first-order valence-corrected chi connectivity index (χ1v) is 6.51. The van der Waals surface area contributed by atoms with Crippen molar-refractivity contribution in [3.63, 3.8) is 0 Å². The zero-order valence-electron chi connectivity index (χ0n) is 8.66. The summed E-state index contributed by atoms with van der Waals surface area (Å²) in [4.78, 5) is 0. The van der Waals surface area contributed by atoms with Crippen molar-refractivity contribution in [1.82, 2.24) is 4.31 Å². The van der Waals surface area contributed by atoms with Crippen LogP contribution in [0.3, 0.4) is 0 Å². The quantitative estimate of drug-likeness (QED) is 0.702. The summed E-state index contributed by atoms with van der Waals surface area (Å²) >= 11 is 0. The van der Waals surface area contributed by atoms with Crippen molar-refractivity contribution in [2.75, 3.05) is 6.54 Å². The van der Waals surface area contributed by atoms with Crippen molar-refractivity contribution in [3.8, 4) is 0 Å². The van der Waals surface area contributed by atoms with Gasteiger partial charge >= 0.3 is 0 Å². The van der Waals surface area contributed by atoms with Gasteiger partial charge in [0.25, 0.3) is 0 Å². The van der Waals surface area contributed by atoms with E-state index in [-0.39, 0.29) is 11.3 Å². The Hall–Kier alpha value is -0.0900. The Bertz CT molecular complexity index is 259. The van der Waals surface area contributed by atoms with Crippen LogP contribution in [-0.2, 0) is 10.0 Å². The molecule has 13 heavy (non-hydrogen) atoms. The Labute approximate surface area is 81.2 Å². The molecule has 0 spiro atoms. The maximum Gasteiger partial charge on any atom is 0.216 e. The molecule has 1 fully saturated rings. The molecule has 1 aliphatic rings. The van der Waals surface area contributed by atoms with E-state index in [1.165, 1.54) is 0 Å². The predicted octanol–water partition coefficient (Wildman–Crippen LogP) is 1.60. The van der Waals surface area contributed by atoms with Gasteiger partial charge in [0.1, 0.15) is 0 Å². The zero-order chi connectivity index (χ0) is 10.1. The maximum atomic E-state index is 11.8. The lowest BCUT2D eigenvalue weighted by Crippen LogP contribution is -2.39. The second-order valence-corrected chi connectivity index (χ2v) is 6.35. The van der Waals surface area contributed by atoms with Gasteiger partial charge < -0.3 is 0 Å². The van der Waals surface area contributed by atoms with Crippen LogP contribution in [0.4, 0.5) is 0 Å². The number of hydrogen-bond acceptors (Lipinski definition) is 2. The average molecular weight is 205 g/mol. The second kappa shape index (κ2) is 3.96. The van der Waals surface area contributed by atoms with Gasteiger partial charge in [-0.25, -0.2) is 8.42 Å². The van der Waals surface area contributed by atoms with Gasteiger partial charge in [0.2, 0.25) is 10.0 Å². The normalized spacial score (nSPS) is 25.7. The molecule has 0 aromatic heterocycles. The van der Waals surface area contributed by atoms with Crippen molar-refractivity contribution < 1.29 is 8.42 Å². The summed E-state index contributed by atoms with van der Waals surface area (Å²) in [5.41, 5.74) is 0. The molecule has 0 radical (unpaired) electrons. The molecule has 1 saturated heterocycles. The van der Waals surface area contributed by atoms with Crippen LogP contribution in [0.25, 0.3) is 0 Å². The molecule has 0 aromatic rings. The molecule has 3 nitrogen and oxygen atoms in total. The summed E-state index contributed by atoms with van der Waals surface area (Å²) in [7, 11) is -3.00. The molecule has 0 aliphatic carbocycles. The molecule has 0 saturated carbocycles. The lowest BCUT2D eigenvalue weighted by molar-refractivity contribution is 0.376. The summed E-state index contributed by atoms with van der Waals surface area (Å²) in [5, 5.41) is -0.278. The molecule has 0 bridgehead atoms. The first-order valence-electron chi connectivity index (χ1n) is 5.00. The van der Waals surface area contributed by atoms with E-state index in [4.69, 9.17) is 0 Å². The van der Waals surface area contributed by atoms with Gasteiger partial charge in [-0.05, 0) is 33.1 Å². The molecule has 4 heteroatoms. The Morgan fingerprint density at radius 1 is 1.46 bits per heavy atom. The number of sulfonamides is 1. The average Bonchev–Trinajstić information content (AvgIpc) is 2.51. The van der Waals surface area contributed by atoms with Crippen LogP contribution in [0.15, 0.2) is 0 Å². The number of rotatable bonds is 3. The third-order valence-electron chi connectivity index (χ3n) is 2.72. The van der Waals surface area contributed by atoms with Crippen LogP contribution in [0, 0.1) is 0 Å². The van der Waals surface area contributed by atoms with E-state index < -0.39 is 10.0 Å². The summed E-state index contributed by atoms with van der Waals surface area (Å²) in [6.07, 6.45) is 2.98. The van der Waals surface area contributed by atoms with E-state index >= 15 is 0 Å². The second-order valence-electron chi connectivity index (χ2n) is 3.91. The van der Waals surface area contributed by atoms with E-state index in [2.05, 4.69) is 6.92 Å². The van der Waals surface area contributed by atoms with E-state index in [1.807, 2.05) is 0 Å². The molecular formula is C9H19NO2S. The van der Waals surface area contributed by atoms with Gasteiger partial charge in [-0.2, -0.15) is 4.31 Å². The summed E-state index contributed by atoms with van der Waals surface area (Å²) < 4.78 is 25.3. The van der Waals surface area contributed by atoms with Crippen molar-refractivity contribution in [2.24, 2.45) is 0 Å². The molecule has 1 atom stereocenters. The fourth-order valence-electron chi connectivity index (χ4n) is 1.82. The van der Waals surface area contributed by atoms with E-state index in [9.17, 15) is 8.42 Å². The van der Waals surface area contributed by atoms with Crippen LogP contribution < -0.4 is 0 Å². The standard InChI is InChI=1S/C9H19NO2S/c1-4-9-6-5-7-10(9)13(11,12)8(2)3/h8-9H,4-7H2,1-3H3. The highest BCUT2D eigenvalue weighted by molar-refractivity contribution is 7.89. The molecule has 0 N–H and O–H groups in total. The molecule has 0 amide bonds. The summed E-state index contributed by atoms with van der Waals surface area (Å²) in [6.45, 7) is 6.28. The van der Waals surface area contributed by atoms with E-state index in [1.54, 1.807) is 18.2 Å². The topological polar surface area (TPSA) is 37.4 Å². The first-order chi connectivity index (χ1) is 6.00. The summed E-state index contributed by atoms with van der Waals surface area (Å²) in [6, 6.07) is 0.257. The van der Waals surface area contributed by atoms with Crippen LogP contribution in [0.5, 0.6) is 0 Å². The zero-order valence-corrected chi connectivity index (χ0v) is 9.47. The highest BCUT2D eigenvalue weighted by Gasteiger charge is 2.34. The van der Waals surface area contributed by atoms with Crippen molar-refractivity contribution >= 4 is 10.0 Å². The van der Waals surface area contributed by atoms with Crippen molar-refractivity contribution in [3.05, 3.63) is 0 Å². The minimum Gasteiger partial charge on any atom is -0.212 e. The number of nitrogens with zero attached hydrogens (tertiary/aromatic N) is 1. The SMILES string of the molecule is CCC1CCCN1S(=O)(=O)C(C)C. The van der Waals surface area contributed by atoms with Gasteiger partial charge in [0.15, 0.2) is 0 Å². The monoisotopic (exact) mass is 205 g/mol. The van der Waals surface area contributed by atoms with Gasteiger partial charge in [-0.3, -0.25) is 0 Å². The largest absolute Gasteiger partial charge is 0.216 e. The smallest absolute Gasteiger partial charge is 0.212 e. The molecule has 1 unspecified atom stereocenters. The summed E-state index contributed by atoms with van der Waals surface area (Å²) in [5.74, 6) is 0. The van der Waals surface area contributed by atoms with Crippen LogP contribution in [0.2, 0.25) is 0 Å². The molecular weight excluding hydrogens is 186 g/mol. The predicted molar refractivity (Wildman–Crippen MR) is 54.1 cm³/mol. The molecule has 1 aliphatic heterocycles. The highest BCUT2D eigenvalue weighted by atomic mass is 32.2. The first kappa shape index (κ1) is 11.0. The van der Waals surface area contributed by atoms with Crippen molar-refractivity contribution in [1.29, 1.82) is 0 Å². The minimum atomic E-state index is -3.00. The van der Waals surface area contributed by atoms with E-state index in [0.29, 0.717) is 0 Å². The lowest BCUT2D eigenvalue weighted by Gasteiger charge is -2.24. The van der Waals surface area contributed by atoms with Gasteiger partial charge in [-0.1, -0.05) is 6.92 Å². The van der Waals surface area contributed by atoms with Crippen LogP contribution in [-0.4, -0.2) is 30.6 Å². The fourth-order valence-corrected chi connectivity index (χ4v) is 3.42.